The molecule has 17 heavy (non-hydrogen) atoms. The van der Waals surface area contributed by atoms with Gasteiger partial charge >= 0.3 is 0 Å². The van der Waals surface area contributed by atoms with Crippen molar-refractivity contribution < 1.29 is 9.84 Å². The van der Waals surface area contributed by atoms with Crippen molar-refractivity contribution in [3.63, 3.8) is 0 Å². The van der Waals surface area contributed by atoms with E-state index in [2.05, 4.69) is 17.0 Å². The molecule has 3 heteroatoms. The highest BCUT2D eigenvalue weighted by Gasteiger charge is 2.22. The zero-order chi connectivity index (χ0) is 12.1. The summed E-state index contributed by atoms with van der Waals surface area (Å²) in [6.45, 7) is 2.46. The Labute approximate surface area is 103 Å². The monoisotopic (exact) mass is 235 g/mol. The van der Waals surface area contributed by atoms with Crippen molar-refractivity contribution in [1.29, 1.82) is 0 Å². The minimum absolute atomic E-state index is 0.294. The van der Waals surface area contributed by atoms with Crippen LogP contribution in [0.15, 0.2) is 24.3 Å². The van der Waals surface area contributed by atoms with Crippen molar-refractivity contribution in [1.82, 2.24) is 4.90 Å². The van der Waals surface area contributed by atoms with E-state index in [0.29, 0.717) is 12.6 Å². The lowest BCUT2D eigenvalue weighted by molar-refractivity contribution is 0.160. The van der Waals surface area contributed by atoms with Crippen LogP contribution >= 0.6 is 0 Å². The van der Waals surface area contributed by atoms with Gasteiger partial charge in [0.05, 0.1) is 13.7 Å². The molecule has 0 saturated carbocycles. The molecule has 1 saturated heterocycles. The first-order chi connectivity index (χ1) is 8.33. The highest BCUT2D eigenvalue weighted by atomic mass is 16.5. The molecule has 1 aromatic carbocycles. The minimum Gasteiger partial charge on any atom is -0.497 e. The Morgan fingerprint density at radius 1 is 1.35 bits per heavy atom. The number of aliphatic hydroxyl groups is 1. The number of nitrogens with zero attached hydrogens (tertiary/aromatic N) is 1. The van der Waals surface area contributed by atoms with Gasteiger partial charge in [-0.2, -0.15) is 0 Å². The van der Waals surface area contributed by atoms with Crippen LogP contribution in [-0.2, 0) is 6.42 Å². The van der Waals surface area contributed by atoms with Crippen LogP contribution in [0.2, 0.25) is 0 Å². The van der Waals surface area contributed by atoms with Gasteiger partial charge in [0.25, 0.3) is 0 Å². The van der Waals surface area contributed by atoms with Crippen molar-refractivity contribution in [3.8, 4) is 5.75 Å². The van der Waals surface area contributed by atoms with Gasteiger partial charge in [0, 0.05) is 12.6 Å². The fourth-order valence-electron chi connectivity index (χ4n) is 2.46. The summed E-state index contributed by atoms with van der Waals surface area (Å²) in [6.07, 6.45) is 3.40. The number of rotatable bonds is 5. The average Bonchev–Trinajstić information content (AvgIpc) is 2.84. The summed E-state index contributed by atoms with van der Waals surface area (Å²) in [5.41, 5.74) is 1.33. The summed E-state index contributed by atoms with van der Waals surface area (Å²) < 4.78 is 5.14. The Balaban J connectivity index is 1.84. The molecule has 0 unspecified atom stereocenters. The number of likely N-dealkylation sites (tertiary alicyclic amines) is 1. The Morgan fingerprint density at radius 3 is 2.76 bits per heavy atom. The fraction of sp³-hybridized carbons (Fsp3) is 0.571. The molecule has 0 radical (unpaired) electrons. The maximum atomic E-state index is 9.24. The number of methoxy groups -OCH3 is 1. The molecule has 1 aliphatic rings. The van der Waals surface area contributed by atoms with Crippen molar-refractivity contribution in [2.75, 3.05) is 26.8 Å². The van der Waals surface area contributed by atoms with E-state index in [4.69, 9.17) is 4.74 Å². The van der Waals surface area contributed by atoms with Crippen LogP contribution in [-0.4, -0.2) is 42.9 Å². The number of hydrogen-bond acceptors (Lipinski definition) is 3. The molecule has 0 aliphatic carbocycles. The Bertz CT molecular complexity index is 337. The molecule has 1 fully saturated rings. The van der Waals surface area contributed by atoms with E-state index >= 15 is 0 Å². The zero-order valence-electron chi connectivity index (χ0n) is 10.4. The van der Waals surface area contributed by atoms with Crippen molar-refractivity contribution in [2.24, 2.45) is 0 Å². The predicted octanol–water partition coefficient (Wildman–Crippen LogP) is 1.69. The molecule has 0 bridgehead atoms. The largest absolute Gasteiger partial charge is 0.497 e. The standard InChI is InChI=1S/C14H21NO2/c1-17-14-6-4-12(5-7-14)8-10-15-9-2-3-13(15)11-16/h4-7,13,16H,2-3,8-11H2,1H3/t13-/m1/s1. The molecule has 94 valence electrons. The third kappa shape index (κ3) is 3.20. The molecule has 1 heterocycles. The van der Waals surface area contributed by atoms with Crippen LogP contribution in [0.4, 0.5) is 0 Å². The second kappa shape index (κ2) is 6.03. The van der Waals surface area contributed by atoms with Crippen LogP contribution in [0.5, 0.6) is 5.75 Å². The number of aliphatic hydroxyl groups excluding tert-OH is 1. The zero-order valence-corrected chi connectivity index (χ0v) is 10.4. The van der Waals surface area contributed by atoms with E-state index in [1.54, 1.807) is 7.11 Å². The third-order valence-electron chi connectivity index (χ3n) is 3.56. The van der Waals surface area contributed by atoms with Gasteiger partial charge < -0.3 is 9.84 Å². The average molecular weight is 235 g/mol. The molecule has 0 spiro atoms. The van der Waals surface area contributed by atoms with Gasteiger partial charge in [-0.1, -0.05) is 12.1 Å². The maximum absolute atomic E-state index is 9.24. The minimum atomic E-state index is 0.294. The van der Waals surface area contributed by atoms with Gasteiger partial charge in [-0.25, -0.2) is 0 Å². The summed E-state index contributed by atoms with van der Waals surface area (Å²) in [5, 5.41) is 9.24. The van der Waals surface area contributed by atoms with E-state index in [-0.39, 0.29) is 0 Å². The second-order valence-corrected chi connectivity index (χ2v) is 4.61. The Hall–Kier alpha value is -1.06. The van der Waals surface area contributed by atoms with Gasteiger partial charge in [0.1, 0.15) is 5.75 Å². The summed E-state index contributed by atoms with van der Waals surface area (Å²) in [7, 11) is 1.69. The molecule has 1 aliphatic heterocycles. The van der Waals surface area contributed by atoms with Gasteiger partial charge in [-0.05, 0) is 43.5 Å². The summed E-state index contributed by atoms with van der Waals surface area (Å²) >= 11 is 0. The van der Waals surface area contributed by atoms with Crippen LogP contribution in [0.1, 0.15) is 18.4 Å². The first-order valence-corrected chi connectivity index (χ1v) is 6.31. The van der Waals surface area contributed by atoms with Crippen molar-refractivity contribution in [2.45, 2.75) is 25.3 Å². The molecule has 3 nitrogen and oxygen atoms in total. The lowest BCUT2D eigenvalue weighted by Gasteiger charge is -2.22. The number of benzene rings is 1. The number of hydrogen-bond donors (Lipinski definition) is 1. The maximum Gasteiger partial charge on any atom is 0.118 e. The quantitative estimate of drug-likeness (QED) is 0.843. The molecule has 0 aromatic heterocycles. The van der Waals surface area contributed by atoms with E-state index in [1.165, 1.54) is 12.0 Å². The third-order valence-corrected chi connectivity index (χ3v) is 3.56. The van der Waals surface area contributed by atoms with E-state index in [0.717, 1.165) is 31.7 Å². The van der Waals surface area contributed by atoms with Crippen LogP contribution < -0.4 is 4.74 Å². The van der Waals surface area contributed by atoms with E-state index in [9.17, 15) is 5.11 Å². The van der Waals surface area contributed by atoms with Crippen molar-refractivity contribution >= 4 is 0 Å². The topological polar surface area (TPSA) is 32.7 Å². The lowest BCUT2D eigenvalue weighted by atomic mass is 10.1. The van der Waals surface area contributed by atoms with Crippen LogP contribution in [0.3, 0.4) is 0 Å². The van der Waals surface area contributed by atoms with Crippen molar-refractivity contribution in [3.05, 3.63) is 29.8 Å². The summed E-state index contributed by atoms with van der Waals surface area (Å²) in [6, 6.07) is 8.62. The molecule has 0 amide bonds. The van der Waals surface area contributed by atoms with Crippen LogP contribution in [0.25, 0.3) is 0 Å². The Morgan fingerprint density at radius 2 is 2.12 bits per heavy atom. The summed E-state index contributed by atoms with van der Waals surface area (Å²) in [4.78, 5) is 2.39. The van der Waals surface area contributed by atoms with E-state index < -0.39 is 0 Å². The van der Waals surface area contributed by atoms with Gasteiger partial charge in [-0.15, -0.1) is 0 Å². The number of ether oxygens (including phenoxy) is 1. The second-order valence-electron chi connectivity index (χ2n) is 4.61. The molecular formula is C14H21NO2. The fourth-order valence-corrected chi connectivity index (χ4v) is 2.46. The molecule has 2 rings (SSSR count). The predicted molar refractivity (Wildman–Crippen MR) is 68.4 cm³/mol. The molecule has 1 atom stereocenters. The molecule has 1 aromatic rings. The van der Waals surface area contributed by atoms with E-state index in [1.807, 2.05) is 12.1 Å². The normalized spacial score (nSPS) is 20.7. The smallest absolute Gasteiger partial charge is 0.118 e. The molecular weight excluding hydrogens is 214 g/mol. The van der Waals surface area contributed by atoms with Gasteiger partial charge in [0.2, 0.25) is 0 Å². The Kier molecular flexibility index (Phi) is 4.40. The highest BCUT2D eigenvalue weighted by molar-refractivity contribution is 5.27. The lowest BCUT2D eigenvalue weighted by Crippen LogP contribution is -2.33. The SMILES string of the molecule is COc1ccc(CCN2CCC[C@@H]2CO)cc1. The highest BCUT2D eigenvalue weighted by Crippen LogP contribution is 2.18. The summed E-state index contributed by atoms with van der Waals surface area (Å²) in [5.74, 6) is 0.906. The van der Waals surface area contributed by atoms with Gasteiger partial charge in [-0.3, -0.25) is 4.90 Å². The van der Waals surface area contributed by atoms with Crippen LogP contribution in [0, 0.1) is 0 Å². The first-order valence-electron chi connectivity index (χ1n) is 6.31. The van der Waals surface area contributed by atoms with Gasteiger partial charge in [0.15, 0.2) is 0 Å². The first kappa shape index (κ1) is 12.4. The molecule has 1 N–H and O–H groups in total.